The number of para-hydroxylation sites is 1. The number of carbonyl (C=O) groups excluding carboxylic acids is 3. The molecule has 0 spiro atoms. The first kappa shape index (κ1) is 21.3. The van der Waals surface area contributed by atoms with Gasteiger partial charge in [0.2, 0.25) is 17.7 Å². The predicted molar refractivity (Wildman–Crippen MR) is 118 cm³/mol. The van der Waals surface area contributed by atoms with Crippen LogP contribution in [0.5, 0.6) is 0 Å². The lowest BCUT2D eigenvalue weighted by Crippen LogP contribution is -2.51. The first-order chi connectivity index (χ1) is 14.8. The summed E-state index contributed by atoms with van der Waals surface area (Å²) in [6, 6.07) is 6.24. The van der Waals surface area contributed by atoms with Crippen molar-refractivity contribution in [1.29, 1.82) is 0 Å². The van der Waals surface area contributed by atoms with Gasteiger partial charge in [-0.05, 0) is 26.3 Å². The number of fused-ring (bicyclic) bond motifs is 1. The van der Waals surface area contributed by atoms with Gasteiger partial charge < -0.3 is 10.2 Å². The lowest BCUT2D eigenvalue weighted by atomic mass is 9.92. The molecule has 3 heterocycles. The highest BCUT2D eigenvalue weighted by Gasteiger charge is 2.32. The van der Waals surface area contributed by atoms with Gasteiger partial charge >= 0.3 is 0 Å². The number of carbonyl (C=O) groups is 3. The highest BCUT2D eigenvalue weighted by Crippen LogP contribution is 2.33. The number of piperidine rings is 1. The molecule has 2 aliphatic heterocycles. The van der Waals surface area contributed by atoms with Crippen molar-refractivity contribution in [2.24, 2.45) is 7.05 Å². The molecule has 2 N–H and O–H groups in total. The number of benzene rings is 1. The Bertz CT molecular complexity index is 1010. The minimum atomic E-state index is -0.449. The summed E-state index contributed by atoms with van der Waals surface area (Å²) >= 11 is 0. The van der Waals surface area contributed by atoms with Gasteiger partial charge in [-0.25, -0.2) is 0 Å². The van der Waals surface area contributed by atoms with E-state index in [0.29, 0.717) is 24.6 Å². The zero-order valence-electron chi connectivity index (χ0n) is 18.4. The smallest absolute Gasteiger partial charge is 0.241 e. The van der Waals surface area contributed by atoms with Crippen LogP contribution in [0.3, 0.4) is 0 Å². The van der Waals surface area contributed by atoms with Crippen LogP contribution in [0.1, 0.15) is 38.3 Å². The number of nitrogens with one attached hydrogen (secondary N) is 2. The molecule has 1 unspecified atom stereocenters. The number of piperazine rings is 1. The van der Waals surface area contributed by atoms with E-state index in [-0.39, 0.29) is 24.3 Å². The Morgan fingerprint density at radius 1 is 1.23 bits per heavy atom. The molecule has 3 amide bonds. The van der Waals surface area contributed by atoms with Crippen LogP contribution in [0.4, 0.5) is 5.69 Å². The third-order valence-electron chi connectivity index (χ3n) is 6.29. The van der Waals surface area contributed by atoms with Gasteiger partial charge in [-0.1, -0.05) is 12.1 Å². The van der Waals surface area contributed by atoms with E-state index in [0.717, 1.165) is 42.8 Å². The molecule has 9 heteroatoms. The summed E-state index contributed by atoms with van der Waals surface area (Å²) in [6.45, 7) is 7.85. The molecule has 2 aliphatic rings. The van der Waals surface area contributed by atoms with Gasteiger partial charge in [0.05, 0.1) is 29.4 Å². The lowest BCUT2D eigenvalue weighted by Gasteiger charge is -2.37. The maximum absolute atomic E-state index is 12.7. The van der Waals surface area contributed by atoms with Crippen molar-refractivity contribution in [3.8, 4) is 0 Å². The van der Waals surface area contributed by atoms with Gasteiger partial charge in [-0.3, -0.25) is 29.3 Å². The SMILES string of the molecule is CC(C)N1CCN(C(=O)CNc2cccc3c(C4CCC(=O)NC4=O)nn(C)c23)CC1. The number of aromatic nitrogens is 2. The van der Waals surface area contributed by atoms with E-state index in [1.54, 1.807) is 4.68 Å². The Morgan fingerprint density at radius 2 is 1.97 bits per heavy atom. The fourth-order valence-corrected chi connectivity index (χ4v) is 4.49. The van der Waals surface area contributed by atoms with Crippen molar-refractivity contribution in [3.05, 3.63) is 23.9 Å². The number of amides is 3. The Morgan fingerprint density at radius 3 is 2.65 bits per heavy atom. The first-order valence-corrected chi connectivity index (χ1v) is 10.9. The highest BCUT2D eigenvalue weighted by atomic mass is 16.2. The van der Waals surface area contributed by atoms with Crippen LogP contribution in [0.2, 0.25) is 0 Å². The van der Waals surface area contributed by atoms with Gasteiger partial charge in [0.1, 0.15) is 0 Å². The van der Waals surface area contributed by atoms with Gasteiger partial charge in [-0.15, -0.1) is 0 Å². The Hall–Kier alpha value is -2.94. The lowest BCUT2D eigenvalue weighted by molar-refractivity contribution is -0.134. The van der Waals surface area contributed by atoms with Gasteiger partial charge in [0, 0.05) is 51.1 Å². The van der Waals surface area contributed by atoms with Crippen molar-refractivity contribution in [2.45, 2.75) is 38.6 Å². The third kappa shape index (κ3) is 4.27. The minimum Gasteiger partial charge on any atom is -0.374 e. The third-order valence-corrected chi connectivity index (χ3v) is 6.29. The molecule has 0 bridgehead atoms. The quantitative estimate of drug-likeness (QED) is 0.694. The molecular formula is C22H30N6O3. The van der Waals surface area contributed by atoms with Crippen molar-refractivity contribution < 1.29 is 14.4 Å². The van der Waals surface area contributed by atoms with Crippen molar-refractivity contribution in [2.75, 3.05) is 38.0 Å². The molecule has 31 heavy (non-hydrogen) atoms. The fraction of sp³-hybridized carbons (Fsp3) is 0.545. The molecule has 1 atom stereocenters. The Labute approximate surface area is 181 Å². The topological polar surface area (TPSA) is 99.6 Å². The van der Waals surface area contributed by atoms with E-state index in [2.05, 4.69) is 34.5 Å². The van der Waals surface area contributed by atoms with Crippen LogP contribution < -0.4 is 10.6 Å². The zero-order chi connectivity index (χ0) is 22.1. The molecule has 9 nitrogen and oxygen atoms in total. The van der Waals surface area contributed by atoms with E-state index in [9.17, 15) is 14.4 Å². The Kier molecular flexibility index (Phi) is 5.95. The highest BCUT2D eigenvalue weighted by molar-refractivity contribution is 6.03. The summed E-state index contributed by atoms with van der Waals surface area (Å²) in [5, 5.41) is 11.1. The fourth-order valence-electron chi connectivity index (χ4n) is 4.49. The molecule has 0 radical (unpaired) electrons. The van der Waals surface area contributed by atoms with Crippen LogP contribution in [-0.4, -0.2) is 76.1 Å². The molecule has 0 saturated carbocycles. The maximum Gasteiger partial charge on any atom is 0.241 e. The number of nitrogens with zero attached hydrogens (tertiary/aromatic N) is 4. The van der Waals surface area contributed by atoms with Gasteiger partial charge in [-0.2, -0.15) is 5.10 Å². The van der Waals surface area contributed by atoms with Gasteiger partial charge in [0.25, 0.3) is 0 Å². The molecular weight excluding hydrogens is 396 g/mol. The maximum atomic E-state index is 12.7. The number of imide groups is 1. The summed E-state index contributed by atoms with van der Waals surface area (Å²) in [4.78, 5) is 40.9. The van der Waals surface area contributed by atoms with Crippen LogP contribution >= 0.6 is 0 Å². The number of aryl methyl sites for hydroxylation is 1. The van der Waals surface area contributed by atoms with E-state index in [4.69, 9.17) is 0 Å². The minimum absolute atomic E-state index is 0.0768. The normalized spacial score (nSPS) is 20.4. The summed E-state index contributed by atoms with van der Waals surface area (Å²) in [7, 11) is 1.83. The molecule has 166 valence electrons. The zero-order valence-corrected chi connectivity index (χ0v) is 18.4. The molecule has 1 aromatic heterocycles. The standard InChI is InChI=1S/C22H30N6O3/c1-14(2)27-9-11-28(12-10-27)19(30)13-23-17-6-4-5-15-20(25-26(3)21(15)17)16-7-8-18(29)24-22(16)31/h4-6,14,16,23H,7-13H2,1-3H3,(H,24,29,31). The monoisotopic (exact) mass is 426 g/mol. The van der Waals surface area contributed by atoms with Crippen LogP contribution in [0.25, 0.3) is 10.9 Å². The number of rotatable bonds is 5. The molecule has 1 aromatic carbocycles. The van der Waals surface area contributed by atoms with E-state index < -0.39 is 5.92 Å². The van der Waals surface area contributed by atoms with Crippen molar-refractivity contribution in [3.63, 3.8) is 0 Å². The van der Waals surface area contributed by atoms with Crippen LogP contribution in [0.15, 0.2) is 18.2 Å². The largest absolute Gasteiger partial charge is 0.374 e. The molecule has 2 fully saturated rings. The number of hydrogen-bond acceptors (Lipinski definition) is 6. The second-order valence-electron chi connectivity index (χ2n) is 8.58. The van der Waals surface area contributed by atoms with Crippen LogP contribution in [-0.2, 0) is 21.4 Å². The van der Waals surface area contributed by atoms with Crippen molar-refractivity contribution in [1.82, 2.24) is 24.9 Å². The van der Waals surface area contributed by atoms with Crippen molar-refractivity contribution >= 4 is 34.3 Å². The number of hydrogen-bond donors (Lipinski definition) is 2. The molecule has 2 saturated heterocycles. The summed E-state index contributed by atoms with van der Waals surface area (Å²) in [6.07, 6.45) is 0.764. The van der Waals surface area contributed by atoms with Crippen LogP contribution in [0, 0.1) is 0 Å². The second kappa shape index (κ2) is 8.66. The summed E-state index contributed by atoms with van der Waals surface area (Å²) < 4.78 is 1.74. The van der Waals surface area contributed by atoms with E-state index in [1.165, 1.54) is 0 Å². The average Bonchev–Trinajstić information content (AvgIpc) is 3.09. The molecule has 4 rings (SSSR count). The predicted octanol–water partition coefficient (Wildman–Crippen LogP) is 1.06. The first-order valence-electron chi connectivity index (χ1n) is 10.9. The average molecular weight is 427 g/mol. The Balaban J connectivity index is 1.48. The van der Waals surface area contributed by atoms with E-state index in [1.807, 2.05) is 30.1 Å². The molecule has 2 aromatic rings. The summed E-state index contributed by atoms with van der Waals surface area (Å²) in [5.74, 6) is -0.912. The number of anilines is 1. The summed E-state index contributed by atoms with van der Waals surface area (Å²) in [5.41, 5.74) is 2.32. The van der Waals surface area contributed by atoms with Gasteiger partial charge in [0.15, 0.2) is 0 Å². The van der Waals surface area contributed by atoms with E-state index >= 15 is 0 Å². The molecule has 0 aliphatic carbocycles. The second-order valence-corrected chi connectivity index (χ2v) is 8.58.